The Labute approximate surface area is 107 Å². The number of benzene rings is 1. The lowest BCUT2D eigenvalue weighted by molar-refractivity contribution is -0.142. The van der Waals surface area contributed by atoms with Crippen molar-refractivity contribution in [2.75, 3.05) is 7.11 Å². The quantitative estimate of drug-likeness (QED) is 0.823. The third kappa shape index (κ3) is 4.02. The smallest absolute Gasteiger partial charge is 0.322 e. The number of rotatable bonds is 5. The van der Waals surface area contributed by atoms with Gasteiger partial charge in [0.25, 0.3) is 0 Å². The number of nitrogens with two attached hydrogens (primary N) is 1. The molecule has 0 bridgehead atoms. The molecule has 0 saturated heterocycles. The predicted molar refractivity (Wildman–Crippen MR) is 69.1 cm³/mol. The van der Waals surface area contributed by atoms with Crippen molar-refractivity contribution >= 4 is 17.6 Å². The van der Waals surface area contributed by atoms with E-state index in [4.69, 9.17) is 17.3 Å². The Bertz CT molecular complexity index is 364. The molecular weight excluding hydrogens is 238 g/mol. The van der Waals surface area contributed by atoms with Crippen molar-refractivity contribution in [3.8, 4) is 0 Å². The number of hydrogen-bond donors (Lipinski definition) is 1. The van der Waals surface area contributed by atoms with Crippen molar-refractivity contribution in [1.82, 2.24) is 0 Å². The van der Waals surface area contributed by atoms with Gasteiger partial charge in [-0.3, -0.25) is 4.79 Å². The second-order valence-corrected chi connectivity index (χ2v) is 4.46. The molecule has 0 aliphatic rings. The SMILES string of the molecule is CCC(CC(N)C(=O)OC)c1ccc(Cl)cc1. The number of carbonyl (C=O) groups is 1. The predicted octanol–water partition coefficient (Wildman–Crippen LogP) is 2.72. The van der Waals surface area contributed by atoms with Crippen LogP contribution in [-0.4, -0.2) is 19.1 Å². The first-order valence-electron chi connectivity index (χ1n) is 5.67. The molecule has 1 rings (SSSR count). The van der Waals surface area contributed by atoms with E-state index in [1.54, 1.807) is 0 Å². The topological polar surface area (TPSA) is 52.3 Å². The average molecular weight is 256 g/mol. The normalized spacial score (nSPS) is 14.1. The van der Waals surface area contributed by atoms with E-state index in [0.717, 1.165) is 12.0 Å². The molecule has 0 amide bonds. The fourth-order valence-electron chi connectivity index (χ4n) is 1.83. The Morgan fingerprint density at radius 3 is 2.47 bits per heavy atom. The van der Waals surface area contributed by atoms with Crippen LogP contribution < -0.4 is 5.73 Å². The zero-order valence-corrected chi connectivity index (χ0v) is 10.9. The summed E-state index contributed by atoms with van der Waals surface area (Å²) in [5.74, 6) is -0.112. The fourth-order valence-corrected chi connectivity index (χ4v) is 1.95. The van der Waals surface area contributed by atoms with Crippen LogP contribution in [0.3, 0.4) is 0 Å². The molecule has 0 fully saturated rings. The Hall–Kier alpha value is -1.06. The minimum atomic E-state index is -0.569. The molecule has 0 heterocycles. The zero-order chi connectivity index (χ0) is 12.8. The molecule has 0 saturated carbocycles. The van der Waals surface area contributed by atoms with Crippen LogP contribution in [-0.2, 0) is 9.53 Å². The van der Waals surface area contributed by atoms with Crippen molar-refractivity contribution in [3.05, 3.63) is 34.9 Å². The van der Waals surface area contributed by atoms with Gasteiger partial charge in [0.15, 0.2) is 0 Å². The highest BCUT2D eigenvalue weighted by Crippen LogP contribution is 2.25. The van der Waals surface area contributed by atoms with Gasteiger partial charge in [0.2, 0.25) is 0 Å². The molecule has 2 N–H and O–H groups in total. The van der Waals surface area contributed by atoms with Crippen molar-refractivity contribution in [3.63, 3.8) is 0 Å². The molecule has 17 heavy (non-hydrogen) atoms. The van der Waals surface area contributed by atoms with Crippen LogP contribution in [0.1, 0.15) is 31.2 Å². The molecule has 0 aromatic heterocycles. The zero-order valence-electron chi connectivity index (χ0n) is 10.2. The maximum Gasteiger partial charge on any atom is 0.322 e. The summed E-state index contributed by atoms with van der Waals surface area (Å²) in [5.41, 5.74) is 6.92. The second-order valence-electron chi connectivity index (χ2n) is 4.02. The number of halogens is 1. The lowest BCUT2D eigenvalue weighted by Gasteiger charge is -2.18. The fraction of sp³-hybridized carbons (Fsp3) is 0.462. The van der Waals surface area contributed by atoms with Crippen molar-refractivity contribution in [2.24, 2.45) is 5.73 Å². The van der Waals surface area contributed by atoms with Crippen LogP contribution in [0.25, 0.3) is 0 Å². The largest absolute Gasteiger partial charge is 0.468 e. The molecular formula is C13H18ClNO2. The van der Waals surface area contributed by atoms with Crippen LogP contribution in [0.15, 0.2) is 24.3 Å². The van der Waals surface area contributed by atoms with Crippen molar-refractivity contribution in [1.29, 1.82) is 0 Å². The summed E-state index contributed by atoms with van der Waals surface area (Å²) in [6.45, 7) is 2.07. The van der Waals surface area contributed by atoms with Gasteiger partial charge in [0, 0.05) is 5.02 Å². The van der Waals surface area contributed by atoms with Gasteiger partial charge in [-0.1, -0.05) is 30.7 Å². The average Bonchev–Trinajstić information content (AvgIpc) is 2.35. The second kappa shape index (κ2) is 6.62. The van der Waals surface area contributed by atoms with Gasteiger partial charge < -0.3 is 10.5 Å². The summed E-state index contributed by atoms with van der Waals surface area (Å²) < 4.78 is 4.63. The highest BCUT2D eigenvalue weighted by molar-refractivity contribution is 6.30. The minimum Gasteiger partial charge on any atom is -0.468 e. The molecule has 2 unspecified atom stereocenters. The Kier molecular flexibility index (Phi) is 5.45. The first kappa shape index (κ1) is 14.0. The molecule has 0 radical (unpaired) electrons. The summed E-state index contributed by atoms with van der Waals surface area (Å²) in [6.07, 6.45) is 1.51. The highest BCUT2D eigenvalue weighted by Gasteiger charge is 2.20. The van der Waals surface area contributed by atoms with E-state index in [-0.39, 0.29) is 11.9 Å². The number of esters is 1. The van der Waals surface area contributed by atoms with Gasteiger partial charge in [0.1, 0.15) is 6.04 Å². The van der Waals surface area contributed by atoms with E-state index in [1.807, 2.05) is 24.3 Å². The first-order valence-corrected chi connectivity index (χ1v) is 6.05. The molecule has 4 heteroatoms. The summed E-state index contributed by atoms with van der Waals surface area (Å²) in [7, 11) is 1.35. The van der Waals surface area contributed by atoms with Gasteiger partial charge in [0.05, 0.1) is 7.11 Å². The van der Waals surface area contributed by atoms with Gasteiger partial charge in [-0.05, 0) is 36.5 Å². The maximum atomic E-state index is 11.3. The number of methoxy groups -OCH3 is 1. The minimum absolute atomic E-state index is 0.251. The monoisotopic (exact) mass is 255 g/mol. The lowest BCUT2D eigenvalue weighted by atomic mass is 9.90. The molecule has 0 aliphatic heterocycles. The molecule has 1 aromatic carbocycles. The van der Waals surface area contributed by atoms with E-state index in [9.17, 15) is 4.79 Å². The standard InChI is InChI=1S/C13H18ClNO2/c1-3-9(8-12(15)13(16)17-2)10-4-6-11(14)7-5-10/h4-7,9,12H,3,8,15H2,1-2H3. The van der Waals surface area contributed by atoms with E-state index in [2.05, 4.69) is 11.7 Å². The first-order chi connectivity index (χ1) is 8.08. The van der Waals surface area contributed by atoms with Gasteiger partial charge in [-0.25, -0.2) is 0 Å². The van der Waals surface area contributed by atoms with Crippen molar-refractivity contribution < 1.29 is 9.53 Å². The van der Waals surface area contributed by atoms with Crippen LogP contribution in [0.5, 0.6) is 0 Å². The third-order valence-electron chi connectivity index (χ3n) is 2.88. The molecule has 1 aromatic rings. The van der Waals surface area contributed by atoms with Gasteiger partial charge in [-0.2, -0.15) is 0 Å². The van der Waals surface area contributed by atoms with Crippen LogP contribution >= 0.6 is 11.6 Å². The molecule has 0 spiro atoms. The van der Waals surface area contributed by atoms with Crippen LogP contribution in [0, 0.1) is 0 Å². The van der Waals surface area contributed by atoms with Crippen molar-refractivity contribution in [2.45, 2.75) is 31.7 Å². The number of hydrogen-bond acceptors (Lipinski definition) is 3. The summed E-state index contributed by atoms with van der Waals surface area (Å²) in [4.78, 5) is 11.3. The van der Waals surface area contributed by atoms with E-state index in [1.165, 1.54) is 7.11 Å². The molecule has 94 valence electrons. The van der Waals surface area contributed by atoms with Crippen LogP contribution in [0.2, 0.25) is 5.02 Å². The summed E-state index contributed by atoms with van der Waals surface area (Å²) in [5, 5.41) is 0.709. The third-order valence-corrected chi connectivity index (χ3v) is 3.13. The highest BCUT2D eigenvalue weighted by atomic mass is 35.5. The molecule has 2 atom stereocenters. The van der Waals surface area contributed by atoms with Gasteiger partial charge >= 0.3 is 5.97 Å². The maximum absolute atomic E-state index is 11.3. The van der Waals surface area contributed by atoms with Gasteiger partial charge in [-0.15, -0.1) is 0 Å². The van der Waals surface area contributed by atoms with E-state index in [0.29, 0.717) is 11.4 Å². The Morgan fingerprint density at radius 1 is 1.41 bits per heavy atom. The molecule has 0 aliphatic carbocycles. The van der Waals surface area contributed by atoms with Crippen LogP contribution in [0.4, 0.5) is 0 Å². The lowest BCUT2D eigenvalue weighted by Crippen LogP contribution is -2.33. The van der Waals surface area contributed by atoms with E-state index < -0.39 is 6.04 Å². The van der Waals surface area contributed by atoms with E-state index >= 15 is 0 Å². The number of carbonyl (C=O) groups excluding carboxylic acids is 1. The Morgan fingerprint density at radius 2 is 2.00 bits per heavy atom. The summed E-state index contributed by atoms with van der Waals surface area (Å²) >= 11 is 5.84. The molecule has 3 nitrogen and oxygen atoms in total. The summed E-state index contributed by atoms with van der Waals surface area (Å²) in [6, 6.07) is 7.08. The number of ether oxygens (including phenoxy) is 1. The Balaban J connectivity index is 2.71.